The van der Waals surface area contributed by atoms with Crippen molar-refractivity contribution in [3.05, 3.63) is 35.5 Å². The minimum atomic E-state index is -0.363. The Morgan fingerprint density at radius 2 is 2.00 bits per heavy atom. The summed E-state index contributed by atoms with van der Waals surface area (Å²) < 4.78 is 0. The minimum Gasteiger partial charge on any atom is -0.366 e. The Morgan fingerprint density at radius 3 is 2.72 bits per heavy atom. The van der Waals surface area contributed by atoms with Gasteiger partial charge in [0.15, 0.2) is 0 Å². The van der Waals surface area contributed by atoms with Crippen LogP contribution in [-0.2, 0) is 0 Å². The average Bonchev–Trinajstić information content (AvgIpc) is 2.83. The Hall–Kier alpha value is -1.77. The molecule has 3 heteroatoms. The number of aromatic amines is 1. The number of carbonyl (C=O) groups excluding carboxylic acids is 1. The van der Waals surface area contributed by atoms with Gasteiger partial charge >= 0.3 is 0 Å². The van der Waals surface area contributed by atoms with Gasteiger partial charge < -0.3 is 10.7 Å². The van der Waals surface area contributed by atoms with E-state index in [9.17, 15) is 4.79 Å². The Labute approximate surface area is 106 Å². The second kappa shape index (κ2) is 4.48. The summed E-state index contributed by atoms with van der Waals surface area (Å²) >= 11 is 0. The molecule has 1 aliphatic carbocycles. The average molecular weight is 242 g/mol. The second-order valence-electron chi connectivity index (χ2n) is 5.19. The van der Waals surface area contributed by atoms with E-state index in [4.69, 9.17) is 5.73 Å². The third kappa shape index (κ3) is 1.90. The molecule has 0 aliphatic heterocycles. The molecule has 2 aromatic rings. The Balaban J connectivity index is 2.04. The number of primary amides is 1. The van der Waals surface area contributed by atoms with Crippen LogP contribution in [0.1, 0.15) is 54.1 Å². The molecule has 3 N–H and O–H groups in total. The number of hydrogen-bond acceptors (Lipinski definition) is 1. The van der Waals surface area contributed by atoms with Crippen molar-refractivity contribution in [2.24, 2.45) is 5.73 Å². The summed E-state index contributed by atoms with van der Waals surface area (Å²) in [6.45, 7) is 0. The fourth-order valence-electron chi connectivity index (χ4n) is 3.02. The van der Waals surface area contributed by atoms with E-state index in [0.717, 1.165) is 10.9 Å². The van der Waals surface area contributed by atoms with Crippen LogP contribution < -0.4 is 5.73 Å². The molecule has 1 amide bonds. The number of benzene rings is 1. The molecular formula is C15H18N2O. The number of para-hydroxylation sites is 1. The number of carbonyl (C=O) groups is 1. The van der Waals surface area contributed by atoms with E-state index in [-0.39, 0.29) is 5.91 Å². The van der Waals surface area contributed by atoms with Crippen LogP contribution in [0.15, 0.2) is 24.3 Å². The first-order chi connectivity index (χ1) is 8.75. The van der Waals surface area contributed by atoms with Crippen LogP contribution in [0.2, 0.25) is 0 Å². The van der Waals surface area contributed by atoms with Gasteiger partial charge in [-0.1, -0.05) is 31.4 Å². The third-order valence-electron chi connectivity index (χ3n) is 3.99. The molecule has 0 unspecified atom stereocenters. The van der Waals surface area contributed by atoms with Crippen LogP contribution in [0, 0.1) is 0 Å². The van der Waals surface area contributed by atoms with Crippen molar-refractivity contribution in [3.8, 4) is 0 Å². The van der Waals surface area contributed by atoms with Gasteiger partial charge in [-0.2, -0.15) is 0 Å². The molecule has 0 bridgehead atoms. The maximum Gasteiger partial charge on any atom is 0.250 e. The van der Waals surface area contributed by atoms with Gasteiger partial charge in [0.1, 0.15) is 0 Å². The zero-order valence-electron chi connectivity index (χ0n) is 10.4. The van der Waals surface area contributed by atoms with Gasteiger partial charge in [0.05, 0.1) is 11.1 Å². The first kappa shape index (κ1) is 11.3. The first-order valence-electron chi connectivity index (χ1n) is 6.67. The number of H-pyrrole nitrogens is 1. The van der Waals surface area contributed by atoms with Crippen LogP contribution in [0.4, 0.5) is 0 Å². The van der Waals surface area contributed by atoms with Gasteiger partial charge in [-0.3, -0.25) is 4.79 Å². The Morgan fingerprint density at radius 1 is 1.22 bits per heavy atom. The summed E-state index contributed by atoms with van der Waals surface area (Å²) in [5.41, 5.74) is 8.16. The Kier molecular flexibility index (Phi) is 2.82. The Bertz CT molecular complexity index is 579. The molecule has 1 heterocycles. The molecule has 3 rings (SSSR count). The minimum absolute atomic E-state index is 0.363. The van der Waals surface area contributed by atoms with E-state index in [1.807, 2.05) is 12.1 Å². The lowest BCUT2D eigenvalue weighted by Gasteiger charge is -2.20. The van der Waals surface area contributed by atoms with Crippen LogP contribution >= 0.6 is 0 Å². The van der Waals surface area contributed by atoms with E-state index in [1.54, 1.807) is 6.07 Å². The normalized spacial score (nSPS) is 17.1. The summed E-state index contributed by atoms with van der Waals surface area (Å²) in [5, 5.41) is 1.09. The molecule has 0 saturated heterocycles. The smallest absolute Gasteiger partial charge is 0.250 e. The highest BCUT2D eigenvalue weighted by molar-refractivity contribution is 6.05. The fraction of sp³-hybridized carbons (Fsp3) is 0.400. The van der Waals surface area contributed by atoms with E-state index < -0.39 is 0 Å². The summed E-state index contributed by atoms with van der Waals surface area (Å²) in [6, 6.07) is 7.88. The molecule has 18 heavy (non-hydrogen) atoms. The van der Waals surface area contributed by atoms with Crippen LogP contribution in [0.5, 0.6) is 0 Å². The summed E-state index contributed by atoms with van der Waals surface area (Å²) in [5.74, 6) is 0.254. The highest BCUT2D eigenvalue weighted by Crippen LogP contribution is 2.34. The fourth-order valence-corrected chi connectivity index (χ4v) is 3.02. The number of aromatic nitrogens is 1. The van der Waals surface area contributed by atoms with Crippen molar-refractivity contribution in [3.63, 3.8) is 0 Å². The molecule has 1 aromatic carbocycles. The molecule has 1 fully saturated rings. The summed E-state index contributed by atoms with van der Waals surface area (Å²) in [4.78, 5) is 14.8. The van der Waals surface area contributed by atoms with Gasteiger partial charge in [-0.15, -0.1) is 0 Å². The lowest BCUT2D eigenvalue weighted by Crippen LogP contribution is -2.11. The molecule has 3 nitrogen and oxygen atoms in total. The summed E-state index contributed by atoms with van der Waals surface area (Å²) in [7, 11) is 0. The van der Waals surface area contributed by atoms with Crippen LogP contribution in [-0.4, -0.2) is 10.9 Å². The molecule has 1 saturated carbocycles. The van der Waals surface area contributed by atoms with Crippen molar-refractivity contribution >= 4 is 16.8 Å². The zero-order chi connectivity index (χ0) is 12.5. The molecule has 0 spiro atoms. The van der Waals surface area contributed by atoms with Crippen molar-refractivity contribution in [1.82, 2.24) is 4.98 Å². The van der Waals surface area contributed by atoms with Gasteiger partial charge in [-0.25, -0.2) is 0 Å². The predicted molar refractivity (Wildman–Crippen MR) is 72.6 cm³/mol. The molecule has 1 aliphatic rings. The topological polar surface area (TPSA) is 58.9 Å². The van der Waals surface area contributed by atoms with Gasteiger partial charge in [0.2, 0.25) is 0 Å². The standard InChI is InChI=1S/C15H18N2O/c16-15(18)12-8-4-7-11-9-13(17-14(11)12)10-5-2-1-3-6-10/h4,7-10,17H,1-3,5-6H2,(H2,16,18). The molecule has 0 radical (unpaired) electrons. The predicted octanol–water partition coefficient (Wildman–Crippen LogP) is 3.31. The van der Waals surface area contributed by atoms with Gasteiger partial charge in [-0.05, 0) is 30.9 Å². The maximum absolute atomic E-state index is 11.4. The van der Waals surface area contributed by atoms with Crippen molar-refractivity contribution in [2.75, 3.05) is 0 Å². The molecule has 94 valence electrons. The highest BCUT2D eigenvalue weighted by atomic mass is 16.1. The SMILES string of the molecule is NC(=O)c1cccc2cc(C3CCCCC3)[nH]c12. The molecular weight excluding hydrogens is 224 g/mol. The highest BCUT2D eigenvalue weighted by Gasteiger charge is 2.18. The first-order valence-corrected chi connectivity index (χ1v) is 6.67. The lowest BCUT2D eigenvalue weighted by atomic mass is 9.87. The zero-order valence-corrected chi connectivity index (χ0v) is 10.4. The monoisotopic (exact) mass is 242 g/mol. The van der Waals surface area contributed by atoms with E-state index in [2.05, 4.69) is 11.1 Å². The number of nitrogens with one attached hydrogen (secondary N) is 1. The van der Waals surface area contributed by atoms with E-state index >= 15 is 0 Å². The van der Waals surface area contributed by atoms with Gasteiger partial charge in [0.25, 0.3) is 5.91 Å². The lowest BCUT2D eigenvalue weighted by molar-refractivity contribution is 0.100. The van der Waals surface area contributed by atoms with Crippen molar-refractivity contribution in [2.45, 2.75) is 38.0 Å². The second-order valence-corrected chi connectivity index (χ2v) is 5.19. The third-order valence-corrected chi connectivity index (χ3v) is 3.99. The largest absolute Gasteiger partial charge is 0.366 e. The number of amides is 1. The number of nitrogens with two attached hydrogens (primary N) is 1. The maximum atomic E-state index is 11.4. The van der Waals surface area contributed by atoms with Crippen LogP contribution in [0.3, 0.4) is 0 Å². The van der Waals surface area contributed by atoms with Crippen LogP contribution in [0.25, 0.3) is 10.9 Å². The van der Waals surface area contributed by atoms with E-state index in [0.29, 0.717) is 11.5 Å². The number of fused-ring (bicyclic) bond motifs is 1. The number of rotatable bonds is 2. The van der Waals surface area contributed by atoms with E-state index in [1.165, 1.54) is 37.8 Å². The van der Waals surface area contributed by atoms with Gasteiger partial charge in [0, 0.05) is 11.1 Å². The van der Waals surface area contributed by atoms with Crippen molar-refractivity contribution < 1.29 is 4.79 Å². The van der Waals surface area contributed by atoms with Crippen molar-refractivity contribution in [1.29, 1.82) is 0 Å². The summed E-state index contributed by atoms with van der Waals surface area (Å²) in [6.07, 6.45) is 6.46. The molecule has 0 atom stereocenters. The quantitative estimate of drug-likeness (QED) is 0.833. The molecule has 1 aromatic heterocycles. The number of hydrogen-bond donors (Lipinski definition) is 2.